The number of nitrogens with one attached hydrogen (secondary N) is 1. The molecule has 0 radical (unpaired) electrons. The predicted molar refractivity (Wildman–Crippen MR) is 124 cm³/mol. The van der Waals surface area contributed by atoms with E-state index in [1.54, 1.807) is 0 Å². The maximum atomic E-state index is 12.8. The number of aryl methyl sites for hydroxylation is 1. The van der Waals surface area contributed by atoms with Gasteiger partial charge in [-0.3, -0.25) is 4.79 Å². The smallest absolute Gasteiger partial charge is 0.321 e. The minimum Gasteiger partial charge on any atom is -0.370 e. The van der Waals surface area contributed by atoms with E-state index < -0.39 is 0 Å². The Morgan fingerprint density at radius 3 is 2.33 bits per heavy atom. The lowest BCUT2D eigenvalue weighted by atomic mass is 10.0. The first-order chi connectivity index (χ1) is 14.6. The number of rotatable bonds is 4. The molecule has 0 aromatic heterocycles. The second kappa shape index (κ2) is 9.94. The topological polar surface area (TPSA) is 55.9 Å². The van der Waals surface area contributed by atoms with Gasteiger partial charge in [-0.25, -0.2) is 4.79 Å². The number of benzene rings is 1. The molecule has 4 rings (SSSR count). The van der Waals surface area contributed by atoms with Gasteiger partial charge in [-0.05, 0) is 49.4 Å². The summed E-state index contributed by atoms with van der Waals surface area (Å²) in [5.74, 6) is 3.19. The fourth-order valence-electron chi connectivity index (χ4n) is 4.75. The van der Waals surface area contributed by atoms with Crippen LogP contribution >= 0.6 is 11.8 Å². The molecule has 2 saturated heterocycles. The summed E-state index contributed by atoms with van der Waals surface area (Å²) in [7, 11) is 0. The fourth-order valence-corrected chi connectivity index (χ4v) is 5.65. The lowest BCUT2D eigenvalue weighted by molar-refractivity contribution is -0.133. The van der Waals surface area contributed by atoms with E-state index >= 15 is 0 Å². The Bertz CT molecular complexity index is 752. The average molecular weight is 431 g/mol. The Labute approximate surface area is 184 Å². The molecule has 0 unspecified atom stereocenters. The van der Waals surface area contributed by atoms with E-state index in [2.05, 4.69) is 29.3 Å². The van der Waals surface area contributed by atoms with Crippen molar-refractivity contribution >= 4 is 35.1 Å². The minimum absolute atomic E-state index is 0.0666. The minimum atomic E-state index is -0.0666. The van der Waals surface area contributed by atoms with Crippen molar-refractivity contribution in [2.75, 3.05) is 61.0 Å². The third kappa shape index (κ3) is 5.23. The molecule has 1 aromatic rings. The van der Waals surface area contributed by atoms with Crippen LogP contribution in [0.3, 0.4) is 0 Å². The summed E-state index contributed by atoms with van der Waals surface area (Å²) >= 11 is 2.01. The SMILES string of the molecule is Cc1cc(N2CCSCC2)ccc1NC(=O)N1CCN(C(=O)CC2CCCC2)CC1. The molecule has 0 bridgehead atoms. The quantitative estimate of drug-likeness (QED) is 0.789. The van der Waals surface area contributed by atoms with Crippen LogP contribution in [0, 0.1) is 12.8 Å². The molecule has 7 heteroatoms. The Morgan fingerprint density at radius 1 is 1.00 bits per heavy atom. The summed E-state index contributed by atoms with van der Waals surface area (Å²) in [5.41, 5.74) is 3.19. The molecular weight excluding hydrogens is 396 g/mol. The van der Waals surface area contributed by atoms with Crippen LogP contribution in [0.5, 0.6) is 0 Å². The van der Waals surface area contributed by atoms with Gasteiger partial charge in [0.05, 0.1) is 0 Å². The second-order valence-corrected chi connectivity index (χ2v) is 9.98. The number of nitrogens with zero attached hydrogens (tertiary/aromatic N) is 3. The highest BCUT2D eigenvalue weighted by molar-refractivity contribution is 7.99. The first-order valence-corrected chi connectivity index (χ1v) is 12.5. The van der Waals surface area contributed by atoms with Gasteiger partial charge in [-0.2, -0.15) is 11.8 Å². The van der Waals surface area contributed by atoms with Crippen molar-refractivity contribution in [2.45, 2.75) is 39.0 Å². The van der Waals surface area contributed by atoms with Crippen LogP contribution in [-0.2, 0) is 4.79 Å². The van der Waals surface area contributed by atoms with Crippen molar-refractivity contribution in [1.29, 1.82) is 0 Å². The molecule has 1 N–H and O–H groups in total. The maximum absolute atomic E-state index is 12.8. The van der Waals surface area contributed by atoms with Gasteiger partial charge in [0.25, 0.3) is 0 Å². The summed E-state index contributed by atoms with van der Waals surface area (Å²) in [6.07, 6.45) is 5.62. The average Bonchev–Trinajstić information content (AvgIpc) is 3.29. The molecule has 3 aliphatic rings. The number of piperazine rings is 1. The van der Waals surface area contributed by atoms with Gasteiger partial charge in [0, 0.05) is 68.6 Å². The van der Waals surface area contributed by atoms with Crippen molar-refractivity contribution in [1.82, 2.24) is 9.80 Å². The number of carbonyl (C=O) groups is 2. The molecule has 1 aliphatic carbocycles. The van der Waals surface area contributed by atoms with Crippen LogP contribution in [0.1, 0.15) is 37.7 Å². The van der Waals surface area contributed by atoms with Crippen LogP contribution < -0.4 is 10.2 Å². The zero-order chi connectivity index (χ0) is 20.9. The van der Waals surface area contributed by atoms with Crippen LogP contribution in [0.15, 0.2) is 18.2 Å². The van der Waals surface area contributed by atoms with Crippen molar-refractivity contribution in [3.8, 4) is 0 Å². The normalized spacial score (nSPS) is 20.5. The number of urea groups is 1. The first-order valence-electron chi connectivity index (χ1n) is 11.4. The van der Waals surface area contributed by atoms with Gasteiger partial charge >= 0.3 is 6.03 Å². The molecule has 6 nitrogen and oxygen atoms in total. The highest BCUT2D eigenvalue weighted by Gasteiger charge is 2.27. The van der Waals surface area contributed by atoms with Crippen molar-refractivity contribution in [3.05, 3.63) is 23.8 Å². The molecule has 3 fully saturated rings. The molecule has 0 spiro atoms. The van der Waals surface area contributed by atoms with E-state index in [1.165, 1.54) is 42.9 Å². The molecular formula is C23H34N4O2S. The van der Waals surface area contributed by atoms with Gasteiger partial charge in [-0.1, -0.05) is 12.8 Å². The Balaban J connectivity index is 1.26. The zero-order valence-electron chi connectivity index (χ0n) is 18.1. The summed E-state index contributed by atoms with van der Waals surface area (Å²) < 4.78 is 0. The molecule has 0 atom stereocenters. The Hall–Kier alpha value is -1.89. The third-order valence-corrected chi connectivity index (χ3v) is 7.63. The molecule has 164 valence electrons. The van der Waals surface area contributed by atoms with Crippen LogP contribution in [0.2, 0.25) is 0 Å². The molecule has 2 heterocycles. The number of thioether (sulfide) groups is 1. The number of hydrogen-bond acceptors (Lipinski definition) is 4. The van der Waals surface area contributed by atoms with Crippen molar-refractivity contribution in [3.63, 3.8) is 0 Å². The van der Waals surface area contributed by atoms with Crippen LogP contribution in [-0.4, -0.2) is 72.5 Å². The monoisotopic (exact) mass is 430 g/mol. The van der Waals surface area contributed by atoms with E-state index in [0.29, 0.717) is 38.5 Å². The third-order valence-electron chi connectivity index (χ3n) is 6.69. The number of carbonyl (C=O) groups excluding carboxylic acids is 2. The summed E-state index contributed by atoms with van der Waals surface area (Å²) in [6.45, 7) is 6.71. The largest absolute Gasteiger partial charge is 0.370 e. The van der Waals surface area contributed by atoms with Gasteiger partial charge in [0.15, 0.2) is 0 Å². The lowest BCUT2D eigenvalue weighted by Gasteiger charge is -2.35. The standard InChI is InChI=1S/C23H34N4O2S/c1-18-16-20(25-12-14-30-15-13-25)6-7-21(18)24-23(29)27-10-8-26(9-11-27)22(28)17-19-4-2-3-5-19/h6-7,16,19H,2-5,8-15,17H2,1H3,(H,24,29). The number of amides is 3. The predicted octanol–water partition coefficient (Wildman–Crippen LogP) is 3.80. The second-order valence-electron chi connectivity index (χ2n) is 8.75. The van der Waals surface area contributed by atoms with E-state index in [0.717, 1.165) is 24.3 Å². The van der Waals surface area contributed by atoms with Gasteiger partial charge in [0.1, 0.15) is 0 Å². The van der Waals surface area contributed by atoms with Crippen LogP contribution in [0.25, 0.3) is 0 Å². The molecule has 1 saturated carbocycles. The van der Waals surface area contributed by atoms with Crippen molar-refractivity contribution < 1.29 is 9.59 Å². The van der Waals surface area contributed by atoms with E-state index in [-0.39, 0.29) is 11.9 Å². The summed E-state index contributed by atoms with van der Waals surface area (Å²) in [5, 5.41) is 3.07. The Morgan fingerprint density at radius 2 is 1.67 bits per heavy atom. The van der Waals surface area contributed by atoms with Gasteiger partial charge in [-0.15, -0.1) is 0 Å². The highest BCUT2D eigenvalue weighted by Crippen LogP contribution is 2.28. The number of hydrogen-bond donors (Lipinski definition) is 1. The van der Waals surface area contributed by atoms with Crippen molar-refractivity contribution in [2.24, 2.45) is 5.92 Å². The number of anilines is 2. The van der Waals surface area contributed by atoms with Gasteiger partial charge < -0.3 is 20.0 Å². The lowest BCUT2D eigenvalue weighted by Crippen LogP contribution is -2.51. The van der Waals surface area contributed by atoms with E-state index in [4.69, 9.17) is 0 Å². The summed E-state index contributed by atoms with van der Waals surface area (Å²) in [4.78, 5) is 31.5. The van der Waals surface area contributed by atoms with E-state index in [1.807, 2.05) is 27.6 Å². The summed E-state index contributed by atoms with van der Waals surface area (Å²) in [6, 6.07) is 6.23. The molecule has 2 aliphatic heterocycles. The molecule has 30 heavy (non-hydrogen) atoms. The maximum Gasteiger partial charge on any atom is 0.321 e. The zero-order valence-corrected chi connectivity index (χ0v) is 18.9. The van der Waals surface area contributed by atoms with Crippen LogP contribution in [0.4, 0.5) is 16.2 Å². The molecule has 3 amide bonds. The van der Waals surface area contributed by atoms with Gasteiger partial charge in [0.2, 0.25) is 5.91 Å². The van der Waals surface area contributed by atoms with E-state index in [9.17, 15) is 9.59 Å². The first kappa shape index (κ1) is 21.3. The highest BCUT2D eigenvalue weighted by atomic mass is 32.2. The fraction of sp³-hybridized carbons (Fsp3) is 0.652. The Kier molecular flexibility index (Phi) is 7.08. The molecule has 1 aromatic carbocycles.